The summed E-state index contributed by atoms with van der Waals surface area (Å²) in [4.78, 5) is 12.2. The van der Waals surface area contributed by atoms with Crippen molar-refractivity contribution < 1.29 is 14.6 Å². The van der Waals surface area contributed by atoms with Crippen LogP contribution in [0.15, 0.2) is 54.6 Å². The molecule has 1 aliphatic carbocycles. The third-order valence-electron chi connectivity index (χ3n) is 3.53. The summed E-state index contributed by atoms with van der Waals surface area (Å²) in [5, 5.41) is 8.97. The Balaban J connectivity index is 1.68. The molecule has 1 saturated carbocycles. The molecule has 0 aromatic heterocycles. The van der Waals surface area contributed by atoms with Gasteiger partial charge in [-0.05, 0) is 30.7 Å². The van der Waals surface area contributed by atoms with E-state index in [1.54, 1.807) is 12.1 Å². The van der Waals surface area contributed by atoms with Crippen LogP contribution in [0.25, 0.3) is 0 Å². The molecule has 1 aliphatic rings. The number of hydrogen-bond acceptors (Lipinski definition) is 3. The predicted molar refractivity (Wildman–Crippen MR) is 75.9 cm³/mol. The van der Waals surface area contributed by atoms with Gasteiger partial charge in [0.05, 0.1) is 0 Å². The molecule has 102 valence electrons. The number of carbonyl (C=O) groups is 1. The number of carbonyl (C=O) groups excluding carboxylic acids is 1. The van der Waals surface area contributed by atoms with E-state index < -0.39 is 0 Å². The smallest absolute Gasteiger partial charge is 0.193 e. The van der Waals surface area contributed by atoms with Crippen molar-refractivity contribution in [2.24, 2.45) is 5.92 Å². The monoisotopic (exact) mass is 268 g/mol. The van der Waals surface area contributed by atoms with E-state index in [1.165, 1.54) is 0 Å². The Hall–Kier alpha value is -2.13. The fourth-order valence-electron chi connectivity index (χ4n) is 2.17. The first-order valence-electron chi connectivity index (χ1n) is 6.75. The van der Waals surface area contributed by atoms with E-state index in [0.29, 0.717) is 11.1 Å². The van der Waals surface area contributed by atoms with E-state index in [0.717, 1.165) is 12.2 Å². The highest BCUT2D eigenvalue weighted by Gasteiger charge is 2.38. The lowest BCUT2D eigenvalue weighted by molar-refractivity contribution is 0.103. The van der Waals surface area contributed by atoms with Crippen LogP contribution in [0.2, 0.25) is 0 Å². The normalized spacial score (nSPS) is 20.4. The molecule has 2 unspecified atom stereocenters. The molecule has 2 aromatic rings. The summed E-state index contributed by atoms with van der Waals surface area (Å²) < 4.78 is 5.70. The van der Waals surface area contributed by atoms with Crippen molar-refractivity contribution in [2.75, 3.05) is 6.61 Å². The number of aliphatic hydroxyl groups excluding tert-OH is 1. The van der Waals surface area contributed by atoms with Crippen LogP contribution in [0, 0.1) is 5.92 Å². The molecular formula is C17H16O3. The molecule has 3 rings (SSSR count). The average molecular weight is 268 g/mol. The number of ketones is 1. The maximum Gasteiger partial charge on any atom is 0.193 e. The van der Waals surface area contributed by atoms with Gasteiger partial charge < -0.3 is 9.84 Å². The van der Waals surface area contributed by atoms with Gasteiger partial charge in [-0.2, -0.15) is 0 Å². The summed E-state index contributed by atoms with van der Waals surface area (Å²) in [6.45, 7) is 0.176. The van der Waals surface area contributed by atoms with Crippen LogP contribution in [0.5, 0.6) is 5.75 Å². The lowest BCUT2D eigenvalue weighted by Gasteiger charge is -2.06. The van der Waals surface area contributed by atoms with Crippen LogP contribution in [-0.2, 0) is 0 Å². The summed E-state index contributed by atoms with van der Waals surface area (Å²) in [7, 11) is 0. The van der Waals surface area contributed by atoms with Crippen molar-refractivity contribution in [3.8, 4) is 5.75 Å². The van der Waals surface area contributed by atoms with Gasteiger partial charge in [-0.25, -0.2) is 0 Å². The Morgan fingerprint density at radius 3 is 2.30 bits per heavy atom. The highest BCUT2D eigenvalue weighted by molar-refractivity contribution is 6.08. The average Bonchev–Trinajstić information content (AvgIpc) is 3.26. The molecule has 0 aliphatic heterocycles. The molecular weight excluding hydrogens is 252 g/mol. The third-order valence-corrected chi connectivity index (χ3v) is 3.53. The summed E-state index contributed by atoms with van der Waals surface area (Å²) in [5.41, 5.74) is 1.33. The van der Waals surface area contributed by atoms with Crippen molar-refractivity contribution >= 4 is 5.78 Å². The van der Waals surface area contributed by atoms with Crippen LogP contribution in [-0.4, -0.2) is 23.6 Å². The molecule has 0 saturated heterocycles. The Morgan fingerprint density at radius 2 is 1.70 bits per heavy atom. The van der Waals surface area contributed by atoms with Gasteiger partial charge >= 0.3 is 0 Å². The van der Waals surface area contributed by atoms with Gasteiger partial charge in [-0.15, -0.1) is 0 Å². The molecule has 0 spiro atoms. The van der Waals surface area contributed by atoms with Gasteiger partial charge in [-0.1, -0.05) is 30.3 Å². The van der Waals surface area contributed by atoms with E-state index in [9.17, 15) is 4.79 Å². The van der Waals surface area contributed by atoms with Crippen molar-refractivity contribution in [3.63, 3.8) is 0 Å². The fourth-order valence-corrected chi connectivity index (χ4v) is 2.17. The van der Waals surface area contributed by atoms with Crippen molar-refractivity contribution in [2.45, 2.75) is 12.5 Å². The molecule has 1 fully saturated rings. The van der Waals surface area contributed by atoms with Crippen LogP contribution in [0.1, 0.15) is 22.3 Å². The zero-order valence-electron chi connectivity index (χ0n) is 11.0. The number of hydrogen-bond donors (Lipinski definition) is 1. The predicted octanol–water partition coefficient (Wildman–Crippen LogP) is 2.68. The van der Waals surface area contributed by atoms with Crippen molar-refractivity contribution in [1.82, 2.24) is 0 Å². The quantitative estimate of drug-likeness (QED) is 0.848. The van der Waals surface area contributed by atoms with Crippen LogP contribution >= 0.6 is 0 Å². The zero-order chi connectivity index (χ0) is 13.9. The van der Waals surface area contributed by atoms with Crippen molar-refractivity contribution in [3.05, 3.63) is 65.7 Å². The highest BCUT2D eigenvalue weighted by Crippen LogP contribution is 2.34. The van der Waals surface area contributed by atoms with Crippen LogP contribution in [0.4, 0.5) is 0 Å². The molecule has 0 amide bonds. The highest BCUT2D eigenvalue weighted by atomic mass is 16.5. The minimum absolute atomic E-state index is 0.0109. The van der Waals surface area contributed by atoms with Gasteiger partial charge in [0.1, 0.15) is 11.9 Å². The number of rotatable bonds is 5. The largest absolute Gasteiger partial charge is 0.490 e. The molecule has 0 heterocycles. The van der Waals surface area contributed by atoms with E-state index >= 15 is 0 Å². The summed E-state index contributed by atoms with van der Waals surface area (Å²) >= 11 is 0. The minimum atomic E-state index is 0.0109. The standard InChI is InChI=1S/C17H16O3/c18-11-14-10-16(14)20-15-8-6-13(7-9-15)17(19)12-4-2-1-3-5-12/h1-9,14,16,18H,10-11H2. The molecule has 0 bridgehead atoms. The first-order chi connectivity index (χ1) is 9.78. The van der Waals surface area contributed by atoms with Crippen LogP contribution in [0.3, 0.4) is 0 Å². The Labute approximate surface area is 117 Å². The lowest BCUT2D eigenvalue weighted by atomic mass is 10.0. The number of ether oxygens (including phenoxy) is 1. The molecule has 2 atom stereocenters. The first-order valence-corrected chi connectivity index (χ1v) is 6.75. The third kappa shape index (κ3) is 2.73. The molecule has 3 heteroatoms. The van der Waals surface area contributed by atoms with Gasteiger partial charge in [0.15, 0.2) is 5.78 Å². The Kier molecular flexibility index (Phi) is 3.52. The second-order valence-electron chi connectivity index (χ2n) is 5.05. The SMILES string of the molecule is O=C(c1ccccc1)c1ccc(OC2CC2CO)cc1. The Bertz CT molecular complexity index is 589. The summed E-state index contributed by atoms with van der Waals surface area (Å²) in [6, 6.07) is 16.4. The van der Waals surface area contributed by atoms with Gasteiger partial charge in [0.25, 0.3) is 0 Å². The van der Waals surface area contributed by atoms with E-state index in [4.69, 9.17) is 9.84 Å². The molecule has 3 nitrogen and oxygen atoms in total. The van der Waals surface area contributed by atoms with Gasteiger partial charge in [-0.3, -0.25) is 4.79 Å². The van der Waals surface area contributed by atoms with Gasteiger partial charge in [0, 0.05) is 23.7 Å². The van der Waals surface area contributed by atoms with E-state index in [1.807, 2.05) is 42.5 Å². The Morgan fingerprint density at radius 1 is 1.05 bits per heavy atom. The van der Waals surface area contributed by atoms with Crippen LogP contribution < -0.4 is 4.74 Å². The van der Waals surface area contributed by atoms with E-state index in [-0.39, 0.29) is 24.4 Å². The maximum atomic E-state index is 12.2. The second-order valence-corrected chi connectivity index (χ2v) is 5.05. The minimum Gasteiger partial charge on any atom is -0.490 e. The first kappa shape index (κ1) is 12.9. The second kappa shape index (κ2) is 5.47. The molecule has 1 N–H and O–H groups in total. The summed E-state index contributed by atoms with van der Waals surface area (Å²) in [5.74, 6) is 1.02. The van der Waals surface area contributed by atoms with Crippen molar-refractivity contribution in [1.29, 1.82) is 0 Å². The number of aliphatic hydroxyl groups is 1. The lowest BCUT2D eigenvalue weighted by Crippen LogP contribution is -2.04. The van der Waals surface area contributed by atoms with E-state index in [2.05, 4.69) is 0 Å². The topological polar surface area (TPSA) is 46.5 Å². The zero-order valence-corrected chi connectivity index (χ0v) is 11.0. The van der Waals surface area contributed by atoms with Gasteiger partial charge in [0.2, 0.25) is 0 Å². The molecule has 20 heavy (non-hydrogen) atoms. The number of benzene rings is 2. The molecule has 0 radical (unpaired) electrons. The maximum absolute atomic E-state index is 12.2. The fraction of sp³-hybridized carbons (Fsp3) is 0.235. The molecule has 2 aromatic carbocycles. The summed E-state index contributed by atoms with van der Waals surface area (Å²) in [6.07, 6.45) is 1.02.